The van der Waals surface area contributed by atoms with Gasteiger partial charge in [-0.15, -0.1) is 0 Å². The van der Waals surface area contributed by atoms with Crippen LogP contribution in [-0.4, -0.2) is 29.3 Å². The summed E-state index contributed by atoms with van der Waals surface area (Å²) >= 11 is 0. The number of benzene rings is 2. The first-order chi connectivity index (χ1) is 15.6. The zero-order chi connectivity index (χ0) is 23.9. The summed E-state index contributed by atoms with van der Waals surface area (Å²) in [6.07, 6.45) is 0. The molecule has 1 aromatic heterocycles. The monoisotopic (exact) mass is 447 g/mol. The molecular formula is C26H29N3O4. The number of nitrogens with one attached hydrogen (secondary N) is 2. The number of hydrogen-bond acceptors (Lipinski definition) is 4. The maximum absolute atomic E-state index is 13.3. The number of urea groups is 1. The van der Waals surface area contributed by atoms with Gasteiger partial charge >= 0.3 is 6.03 Å². The highest BCUT2D eigenvalue weighted by molar-refractivity contribution is 6.10. The van der Waals surface area contributed by atoms with Gasteiger partial charge in [-0.1, -0.05) is 64.1 Å². The number of amides is 4. The molecule has 7 heteroatoms. The summed E-state index contributed by atoms with van der Waals surface area (Å²) in [6, 6.07) is 14.4. The lowest BCUT2D eigenvalue weighted by atomic mass is 9.92. The molecule has 1 unspecified atom stereocenters. The molecule has 1 fully saturated rings. The van der Waals surface area contributed by atoms with E-state index >= 15 is 0 Å². The van der Waals surface area contributed by atoms with Crippen LogP contribution in [0, 0.1) is 0 Å². The van der Waals surface area contributed by atoms with Crippen molar-refractivity contribution in [2.45, 2.75) is 52.0 Å². The Morgan fingerprint density at radius 2 is 1.67 bits per heavy atom. The van der Waals surface area contributed by atoms with E-state index in [1.54, 1.807) is 19.1 Å². The fraction of sp³-hybridized carbons (Fsp3) is 0.346. The number of furan rings is 1. The van der Waals surface area contributed by atoms with Crippen LogP contribution in [0.15, 0.2) is 52.9 Å². The highest BCUT2D eigenvalue weighted by Gasteiger charge is 2.51. The summed E-state index contributed by atoms with van der Waals surface area (Å²) in [7, 11) is 0. The molecule has 3 aromatic rings. The molecule has 0 aliphatic carbocycles. The van der Waals surface area contributed by atoms with Gasteiger partial charge in [0.15, 0.2) is 5.54 Å². The fourth-order valence-electron chi connectivity index (χ4n) is 4.25. The molecular weight excluding hydrogens is 418 g/mol. The molecule has 1 aliphatic rings. The van der Waals surface area contributed by atoms with E-state index in [9.17, 15) is 14.4 Å². The van der Waals surface area contributed by atoms with Crippen molar-refractivity contribution in [2.24, 2.45) is 0 Å². The highest BCUT2D eigenvalue weighted by atomic mass is 16.3. The lowest BCUT2D eigenvalue weighted by Gasteiger charge is -2.21. The molecule has 4 amide bonds. The van der Waals surface area contributed by atoms with E-state index in [2.05, 4.69) is 38.3 Å². The number of para-hydroxylation sites is 2. The third-order valence-electron chi connectivity index (χ3n) is 6.13. The van der Waals surface area contributed by atoms with Crippen molar-refractivity contribution in [3.63, 3.8) is 0 Å². The summed E-state index contributed by atoms with van der Waals surface area (Å²) in [4.78, 5) is 39.9. The molecule has 7 nitrogen and oxygen atoms in total. The largest absolute Gasteiger partial charge is 0.458 e. The van der Waals surface area contributed by atoms with Crippen molar-refractivity contribution < 1.29 is 18.8 Å². The third-order valence-corrected chi connectivity index (χ3v) is 6.13. The van der Waals surface area contributed by atoms with Crippen LogP contribution in [0.1, 0.15) is 63.3 Å². The molecule has 2 aromatic carbocycles. The number of carbonyl (C=O) groups is 3. The number of fused-ring (bicyclic) bond motifs is 1. The number of nitrogens with zero attached hydrogens (tertiary/aromatic N) is 1. The van der Waals surface area contributed by atoms with Crippen molar-refractivity contribution in [1.82, 2.24) is 10.2 Å². The molecule has 1 atom stereocenters. The Balaban J connectivity index is 1.57. The summed E-state index contributed by atoms with van der Waals surface area (Å²) < 4.78 is 5.84. The van der Waals surface area contributed by atoms with Crippen molar-refractivity contribution in [1.29, 1.82) is 0 Å². The average molecular weight is 448 g/mol. The third kappa shape index (κ3) is 3.99. The highest BCUT2D eigenvalue weighted by Crippen LogP contribution is 2.34. The van der Waals surface area contributed by atoms with Gasteiger partial charge < -0.3 is 15.1 Å². The molecule has 1 aliphatic heterocycles. The van der Waals surface area contributed by atoms with Gasteiger partial charge in [0.1, 0.15) is 17.9 Å². The Labute approximate surface area is 193 Å². The normalized spacial score (nSPS) is 18.5. The molecule has 0 spiro atoms. The number of anilines is 1. The van der Waals surface area contributed by atoms with Gasteiger partial charge in [-0.2, -0.15) is 0 Å². The van der Waals surface area contributed by atoms with Crippen LogP contribution in [0.5, 0.6) is 0 Å². The molecule has 4 rings (SSSR count). The summed E-state index contributed by atoms with van der Waals surface area (Å²) in [5.74, 6) is -0.221. The quantitative estimate of drug-likeness (QED) is 0.515. The van der Waals surface area contributed by atoms with Crippen LogP contribution in [0.25, 0.3) is 11.0 Å². The lowest BCUT2D eigenvalue weighted by molar-refractivity contribution is -0.134. The van der Waals surface area contributed by atoms with Crippen LogP contribution < -0.4 is 10.6 Å². The predicted octanol–water partition coefficient (Wildman–Crippen LogP) is 5.09. The van der Waals surface area contributed by atoms with Gasteiger partial charge in [-0.05, 0) is 42.0 Å². The van der Waals surface area contributed by atoms with Crippen molar-refractivity contribution in [3.8, 4) is 0 Å². The van der Waals surface area contributed by atoms with Gasteiger partial charge in [-0.3, -0.25) is 14.5 Å². The molecule has 172 valence electrons. The Bertz CT molecular complexity index is 1180. The van der Waals surface area contributed by atoms with Gasteiger partial charge in [0.05, 0.1) is 0 Å². The van der Waals surface area contributed by atoms with E-state index in [1.807, 2.05) is 36.4 Å². The Hall–Kier alpha value is -3.61. The smallest absolute Gasteiger partial charge is 0.325 e. The van der Waals surface area contributed by atoms with Crippen LogP contribution in [0.3, 0.4) is 0 Å². The minimum Gasteiger partial charge on any atom is -0.458 e. The number of rotatable bonds is 6. The Kier molecular flexibility index (Phi) is 5.74. The van der Waals surface area contributed by atoms with Crippen LogP contribution in [0.4, 0.5) is 10.5 Å². The second-order valence-electron chi connectivity index (χ2n) is 9.26. The van der Waals surface area contributed by atoms with E-state index < -0.39 is 23.4 Å². The molecule has 1 saturated heterocycles. The van der Waals surface area contributed by atoms with E-state index in [-0.39, 0.29) is 18.4 Å². The molecule has 2 N–H and O–H groups in total. The van der Waals surface area contributed by atoms with E-state index in [0.717, 1.165) is 27.1 Å². The van der Waals surface area contributed by atoms with E-state index in [1.165, 1.54) is 0 Å². The van der Waals surface area contributed by atoms with Gasteiger partial charge in [0, 0.05) is 11.1 Å². The first-order valence-corrected chi connectivity index (χ1v) is 11.2. The SMILES string of the molecule is CC(C)c1cccc(C(C)C)c1NC(=O)CN1C(=O)NC(C)(c2cc3ccccc3o2)C1=O. The summed E-state index contributed by atoms with van der Waals surface area (Å²) in [5, 5.41) is 6.49. The summed E-state index contributed by atoms with van der Waals surface area (Å²) in [5.41, 5.74) is 2.02. The maximum atomic E-state index is 13.3. The standard InChI is InChI=1S/C26H29N3O4/c1-15(2)18-10-8-11-19(16(3)4)23(18)27-22(30)14-29-24(31)26(5,28-25(29)32)21-13-17-9-6-7-12-20(17)33-21/h6-13,15-16H,14H2,1-5H3,(H,27,30)(H,28,32). The van der Waals surface area contributed by atoms with E-state index in [4.69, 9.17) is 4.42 Å². The zero-order valence-electron chi connectivity index (χ0n) is 19.6. The maximum Gasteiger partial charge on any atom is 0.325 e. The first kappa shape index (κ1) is 22.6. The van der Waals surface area contributed by atoms with Crippen LogP contribution in [0.2, 0.25) is 0 Å². The molecule has 0 saturated carbocycles. The Morgan fingerprint density at radius 3 is 2.27 bits per heavy atom. The van der Waals surface area contributed by atoms with Crippen molar-refractivity contribution in [2.75, 3.05) is 11.9 Å². The summed E-state index contributed by atoms with van der Waals surface area (Å²) in [6.45, 7) is 9.45. The minimum absolute atomic E-state index is 0.201. The molecule has 0 radical (unpaired) electrons. The van der Waals surface area contributed by atoms with Crippen molar-refractivity contribution >= 4 is 34.5 Å². The molecule has 33 heavy (non-hydrogen) atoms. The molecule has 2 heterocycles. The van der Waals surface area contributed by atoms with Gasteiger partial charge in [-0.25, -0.2) is 4.79 Å². The predicted molar refractivity (Wildman–Crippen MR) is 127 cm³/mol. The van der Waals surface area contributed by atoms with Crippen LogP contribution >= 0.6 is 0 Å². The Morgan fingerprint density at radius 1 is 1.03 bits per heavy atom. The second kappa shape index (κ2) is 8.39. The van der Waals surface area contributed by atoms with E-state index in [0.29, 0.717) is 11.3 Å². The second-order valence-corrected chi connectivity index (χ2v) is 9.26. The van der Waals surface area contributed by atoms with Gasteiger partial charge in [0.25, 0.3) is 5.91 Å². The first-order valence-electron chi connectivity index (χ1n) is 11.2. The van der Waals surface area contributed by atoms with Crippen molar-refractivity contribution in [3.05, 3.63) is 65.4 Å². The number of hydrogen-bond donors (Lipinski definition) is 2. The topological polar surface area (TPSA) is 91.7 Å². The van der Waals surface area contributed by atoms with Crippen LogP contribution in [-0.2, 0) is 15.1 Å². The zero-order valence-corrected chi connectivity index (χ0v) is 19.6. The molecule has 0 bridgehead atoms. The van der Waals surface area contributed by atoms with Gasteiger partial charge in [0.2, 0.25) is 5.91 Å². The number of imide groups is 1. The fourth-order valence-corrected chi connectivity index (χ4v) is 4.25. The average Bonchev–Trinajstić information content (AvgIpc) is 3.29. The lowest BCUT2D eigenvalue weighted by Crippen LogP contribution is -2.42. The minimum atomic E-state index is -1.38. The number of carbonyl (C=O) groups excluding carboxylic acids is 3.